The van der Waals surface area contributed by atoms with Gasteiger partial charge in [0.05, 0.1) is 5.56 Å². The Labute approximate surface area is 127 Å². The molecule has 2 rings (SSSR count). The second-order valence-corrected chi connectivity index (χ2v) is 5.60. The van der Waals surface area contributed by atoms with Gasteiger partial charge in [0, 0.05) is 31.9 Å². The lowest BCUT2D eigenvalue weighted by Crippen LogP contribution is -2.37. The van der Waals surface area contributed by atoms with Crippen molar-refractivity contribution in [3.8, 4) is 0 Å². The third-order valence-electron chi connectivity index (χ3n) is 4.09. The van der Waals surface area contributed by atoms with Crippen LogP contribution in [-0.4, -0.2) is 48.5 Å². The standard InChI is InChI=1S/C16H26N4O/c1-3-17-15-14(9-6-10-18-15)16(21)19-11-12-20(2)13-7-4-5-8-13/h6,9-10,13H,3-5,7-8,11-12H2,1-2H3,(H,17,18)(H,19,21). The summed E-state index contributed by atoms with van der Waals surface area (Å²) in [5, 5.41) is 6.11. The number of anilines is 1. The summed E-state index contributed by atoms with van der Waals surface area (Å²) in [6.07, 6.45) is 6.95. The van der Waals surface area contributed by atoms with Gasteiger partial charge in [-0.3, -0.25) is 4.79 Å². The smallest absolute Gasteiger partial charge is 0.255 e. The van der Waals surface area contributed by atoms with Crippen molar-refractivity contribution in [3.05, 3.63) is 23.9 Å². The summed E-state index contributed by atoms with van der Waals surface area (Å²) in [5.41, 5.74) is 0.614. The molecule has 1 heterocycles. The van der Waals surface area contributed by atoms with Crippen LogP contribution in [0.4, 0.5) is 5.82 Å². The third-order valence-corrected chi connectivity index (χ3v) is 4.09. The fourth-order valence-corrected chi connectivity index (χ4v) is 2.87. The highest BCUT2D eigenvalue weighted by Gasteiger charge is 2.19. The van der Waals surface area contributed by atoms with E-state index in [2.05, 4.69) is 27.6 Å². The third kappa shape index (κ3) is 4.43. The fraction of sp³-hybridized carbons (Fsp3) is 0.625. The van der Waals surface area contributed by atoms with Gasteiger partial charge in [0.15, 0.2) is 0 Å². The summed E-state index contributed by atoms with van der Waals surface area (Å²) in [7, 11) is 2.15. The minimum absolute atomic E-state index is 0.0566. The van der Waals surface area contributed by atoms with Crippen LogP contribution in [0, 0.1) is 0 Å². The molecule has 1 aliphatic rings. The van der Waals surface area contributed by atoms with Gasteiger partial charge in [0.1, 0.15) is 5.82 Å². The Hall–Kier alpha value is -1.62. The van der Waals surface area contributed by atoms with E-state index in [0.29, 0.717) is 24.0 Å². The van der Waals surface area contributed by atoms with Gasteiger partial charge >= 0.3 is 0 Å². The quantitative estimate of drug-likeness (QED) is 0.807. The average Bonchev–Trinajstić information content (AvgIpc) is 3.02. The van der Waals surface area contributed by atoms with E-state index in [-0.39, 0.29) is 5.91 Å². The Morgan fingerprint density at radius 2 is 2.19 bits per heavy atom. The molecule has 0 atom stereocenters. The minimum Gasteiger partial charge on any atom is -0.370 e. The van der Waals surface area contributed by atoms with Crippen molar-refractivity contribution in [2.75, 3.05) is 32.0 Å². The van der Waals surface area contributed by atoms with Gasteiger partial charge in [-0.05, 0) is 38.9 Å². The van der Waals surface area contributed by atoms with Crippen LogP contribution in [0.25, 0.3) is 0 Å². The number of nitrogens with zero attached hydrogens (tertiary/aromatic N) is 2. The normalized spacial score (nSPS) is 15.4. The van der Waals surface area contributed by atoms with Gasteiger partial charge in [-0.1, -0.05) is 12.8 Å². The molecule has 0 saturated heterocycles. The van der Waals surface area contributed by atoms with E-state index in [4.69, 9.17) is 0 Å². The summed E-state index contributed by atoms with van der Waals surface area (Å²) in [5.74, 6) is 0.598. The fourth-order valence-electron chi connectivity index (χ4n) is 2.87. The number of hydrogen-bond donors (Lipinski definition) is 2. The van der Waals surface area contributed by atoms with Crippen LogP contribution >= 0.6 is 0 Å². The molecule has 116 valence electrons. The molecule has 0 aromatic carbocycles. The number of carbonyl (C=O) groups is 1. The first-order valence-electron chi connectivity index (χ1n) is 7.89. The van der Waals surface area contributed by atoms with Crippen molar-refractivity contribution in [1.82, 2.24) is 15.2 Å². The van der Waals surface area contributed by atoms with Gasteiger partial charge in [-0.25, -0.2) is 4.98 Å². The number of carbonyl (C=O) groups excluding carboxylic acids is 1. The Kier molecular flexibility index (Phi) is 5.99. The second-order valence-electron chi connectivity index (χ2n) is 5.60. The topological polar surface area (TPSA) is 57.3 Å². The number of pyridine rings is 1. The average molecular weight is 290 g/mol. The zero-order valence-corrected chi connectivity index (χ0v) is 13.1. The highest BCUT2D eigenvalue weighted by atomic mass is 16.1. The highest BCUT2D eigenvalue weighted by molar-refractivity contribution is 5.98. The van der Waals surface area contributed by atoms with E-state index >= 15 is 0 Å². The Bertz CT molecular complexity index is 457. The summed E-state index contributed by atoms with van der Waals surface area (Å²) in [6, 6.07) is 4.29. The molecule has 1 fully saturated rings. The van der Waals surface area contributed by atoms with E-state index in [9.17, 15) is 4.79 Å². The second kappa shape index (κ2) is 7.98. The lowest BCUT2D eigenvalue weighted by Gasteiger charge is -2.24. The molecule has 1 aliphatic carbocycles. The van der Waals surface area contributed by atoms with Crippen LogP contribution in [0.3, 0.4) is 0 Å². The number of nitrogens with one attached hydrogen (secondary N) is 2. The summed E-state index contributed by atoms with van der Waals surface area (Å²) in [6.45, 7) is 4.31. The van der Waals surface area contributed by atoms with Gasteiger partial charge in [-0.15, -0.1) is 0 Å². The van der Waals surface area contributed by atoms with E-state index in [1.54, 1.807) is 18.3 Å². The first kappa shape index (κ1) is 15.8. The van der Waals surface area contributed by atoms with Gasteiger partial charge in [-0.2, -0.15) is 0 Å². The molecule has 2 N–H and O–H groups in total. The lowest BCUT2D eigenvalue weighted by molar-refractivity contribution is 0.0947. The van der Waals surface area contributed by atoms with Crippen molar-refractivity contribution in [3.63, 3.8) is 0 Å². The summed E-state index contributed by atoms with van der Waals surface area (Å²) >= 11 is 0. The van der Waals surface area contributed by atoms with Gasteiger partial charge < -0.3 is 15.5 Å². The van der Waals surface area contributed by atoms with Crippen molar-refractivity contribution in [1.29, 1.82) is 0 Å². The molecule has 1 aromatic heterocycles. The van der Waals surface area contributed by atoms with Crippen molar-refractivity contribution >= 4 is 11.7 Å². The predicted molar refractivity (Wildman–Crippen MR) is 85.6 cm³/mol. The number of likely N-dealkylation sites (N-methyl/N-ethyl adjacent to an activating group) is 1. The summed E-state index contributed by atoms with van der Waals surface area (Å²) in [4.78, 5) is 18.8. The Balaban J connectivity index is 1.81. The predicted octanol–water partition coefficient (Wildman–Crippen LogP) is 2.12. The number of amides is 1. The number of hydrogen-bond acceptors (Lipinski definition) is 4. The molecule has 1 aromatic rings. The van der Waals surface area contributed by atoms with Crippen molar-refractivity contribution < 1.29 is 4.79 Å². The molecule has 21 heavy (non-hydrogen) atoms. The first-order chi connectivity index (χ1) is 10.2. The lowest BCUT2D eigenvalue weighted by atomic mass is 10.2. The largest absolute Gasteiger partial charge is 0.370 e. The Morgan fingerprint density at radius 3 is 2.90 bits per heavy atom. The minimum atomic E-state index is -0.0566. The van der Waals surface area contributed by atoms with Crippen LogP contribution in [0.15, 0.2) is 18.3 Å². The molecule has 0 radical (unpaired) electrons. The Morgan fingerprint density at radius 1 is 1.43 bits per heavy atom. The molecule has 5 heteroatoms. The van der Waals surface area contributed by atoms with Crippen molar-refractivity contribution in [2.24, 2.45) is 0 Å². The molecule has 1 amide bonds. The zero-order valence-electron chi connectivity index (χ0n) is 13.1. The molecule has 1 saturated carbocycles. The van der Waals surface area contributed by atoms with E-state index < -0.39 is 0 Å². The maximum absolute atomic E-state index is 12.2. The van der Waals surface area contributed by atoms with Crippen LogP contribution < -0.4 is 10.6 Å². The number of rotatable bonds is 7. The maximum atomic E-state index is 12.2. The molecular formula is C16H26N4O. The molecule has 0 unspecified atom stereocenters. The molecular weight excluding hydrogens is 264 g/mol. The molecule has 0 aliphatic heterocycles. The van der Waals surface area contributed by atoms with E-state index in [1.165, 1.54) is 25.7 Å². The van der Waals surface area contributed by atoms with Crippen LogP contribution in [0.2, 0.25) is 0 Å². The zero-order chi connectivity index (χ0) is 15.1. The van der Waals surface area contributed by atoms with E-state index in [0.717, 1.165) is 13.1 Å². The van der Waals surface area contributed by atoms with Crippen LogP contribution in [0.5, 0.6) is 0 Å². The molecule has 0 bridgehead atoms. The van der Waals surface area contributed by atoms with E-state index in [1.807, 2.05) is 6.92 Å². The van der Waals surface area contributed by atoms with Crippen molar-refractivity contribution in [2.45, 2.75) is 38.6 Å². The number of aromatic nitrogens is 1. The first-order valence-corrected chi connectivity index (χ1v) is 7.89. The molecule has 5 nitrogen and oxygen atoms in total. The molecule has 0 spiro atoms. The van der Waals surface area contributed by atoms with Crippen LogP contribution in [0.1, 0.15) is 43.0 Å². The monoisotopic (exact) mass is 290 g/mol. The van der Waals surface area contributed by atoms with Gasteiger partial charge in [0.2, 0.25) is 0 Å². The SMILES string of the molecule is CCNc1ncccc1C(=O)NCCN(C)C1CCCC1. The van der Waals surface area contributed by atoms with Gasteiger partial charge in [0.25, 0.3) is 5.91 Å². The highest BCUT2D eigenvalue weighted by Crippen LogP contribution is 2.21. The summed E-state index contributed by atoms with van der Waals surface area (Å²) < 4.78 is 0. The maximum Gasteiger partial charge on any atom is 0.255 e. The van der Waals surface area contributed by atoms with Crippen LogP contribution in [-0.2, 0) is 0 Å².